The first kappa shape index (κ1) is 26.6. The molecule has 204 valence electrons. The van der Waals surface area contributed by atoms with Crippen molar-refractivity contribution in [1.82, 2.24) is 30.5 Å². The lowest BCUT2D eigenvalue weighted by molar-refractivity contribution is -0.145. The number of piperazine rings is 1. The summed E-state index contributed by atoms with van der Waals surface area (Å²) in [5.41, 5.74) is 1.71. The number of fused-ring (bicyclic) bond motifs is 3. The number of hydrazine groups is 1. The van der Waals surface area contributed by atoms with Gasteiger partial charge in [0.05, 0.1) is 6.54 Å². The van der Waals surface area contributed by atoms with E-state index in [2.05, 4.69) is 41.4 Å². The molecule has 0 aliphatic carbocycles. The van der Waals surface area contributed by atoms with Gasteiger partial charge in [-0.1, -0.05) is 45.0 Å². The molecule has 39 heavy (non-hydrogen) atoms. The monoisotopic (exact) mass is 530 g/mol. The zero-order valence-corrected chi connectivity index (χ0v) is 22.8. The van der Waals surface area contributed by atoms with Gasteiger partial charge in [0.1, 0.15) is 17.6 Å². The van der Waals surface area contributed by atoms with Crippen molar-refractivity contribution in [2.45, 2.75) is 58.7 Å². The van der Waals surface area contributed by atoms with Crippen molar-refractivity contribution in [2.75, 3.05) is 31.2 Å². The molecule has 1 spiro atoms. The minimum Gasteiger partial charge on any atom is -0.343 e. The second kappa shape index (κ2) is 9.93. The van der Waals surface area contributed by atoms with Gasteiger partial charge in [0.25, 0.3) is 0 Å². The fourth-order valence-electron chi connectivity index (χ4n) is 5.46. The Morgan fingerprint density at radius 2 is 1.90 bits per heavy atom. The SMILES string of the molecule is CC1NC(=O)C2(CCN(C(=O)CN3Cc4ccccc4-c4cnc(C#N)nc4N3CC(C)(C)C)CC2)NC1=O. The Morgan fingerprint density at radius 1 is 1.18 bits per heavy atom. The van der Waals surface area contributed by atoms with Gasteiger partial charge < -0.3 is 15.5 Å². The Hall–Kier alpha value is -4.04. The minimum absolute atomic E-state index is 0.0711. The second-order valence-corrected chi connectivity index (χ2v) is 11.8. The molecule has 1 unspecified atom stereocenters. The van der Waals surface area contributed by atoms with Crippen LogP contribution in [0.4, 0.5) is 5.82 Å². The highest BCUT2D eigenvalue weighted by Gasteiger charge is 2.47. The number of carbonyl (C=O) groups is 3. The third kappa shape index (κ3) is 5.16. The molecule has 0 radical (unpaired) electrons. The Morgan fingerprint density at radius 3 is 2.59 bits per heavy atom. The summed E-state index contributed by atoms with van der Waals surface area (Å²) in [6, 6.07) is 9.46. The molecule has 4 heterocycles. The zero-order chi connectivity index (χ0) is 27.9. The van der Waals surface area contributed by atoms with Crippen LogP contribution in [-0.4, -0.2) is 75.4 Å². The van der Waals surface area contributed by atoms with Gasteiger partial charge >= 0.3 is 0 Å². The van der Waals surface area contributed by atoms with Gasteiger partial charge in [0, 0.05) is 37.9 Å². The largest absolute Gasteiger partial charge is 0.343 e. The number of hydrogen-bond donors (Lipinski definition) is 2. The highest BCUT2D eigenvalue weighted by molar-refractivity contribution is 5.99. The van der Waals surface area contributed by atoms with Gasteiger partial charge in [0.2, 0.25) is 23.5 Å². The van der Waals surface area contributed by atoms with Crippen LogP contribution in [0.3, 0.4) is 0 Å². The minimum atomic E-state index is -0.969. The number of carbonyl (C=O) groups excluding carboxylic acids is 3. The first-order valence-corrected chi connectivity index (χ1v) is 13.3. The predicted octanol–water partition coefficient (Wildman–Crippen LogP) is 1.59. The van der Waals surface area contributed by atoms with Crippen molar-refractivity contribution in [2.24, 2.45) is 5.41 Å². The van der Waals surface area contributed by atoms with Crippen LogP contribution in [0.2, 0.25) is 0 Å². The van der Waals surface area contributed by atoms with Gasteiger partial charge in [-0.25, -0.2) is 9.99 Å². The van der Waals surface area contributed by atoms with Gasteiger partial charge in [-0.2, -0.15) is 10.2 Å². The molecule has 5 rings (SSSR count). The zero-order valence-electron chi connectivity index (χ0n) is 22.8. The van der Waals surface area contributed by atoms with E-state index in [0.717, 1.165) is 16.7 Å². The summed E-state index contributed by atoms with van der Waals surface area (Å²) in [4.78, 5) is 49.3. The van der Waals surface area contributed by atoms with Gasteiger partial charge in [-0.15, -0.1) is 0 Å². The average Bonchev–Trinajstić information content (AvgIpc) is 3.01. The molecular formula is C28H34N8O3. The van der Waals surface area contributed by atoms with E-state index in [1.165, 1.54) is 0 Å². The smallest absolute Gasteiger partial charge is 0.246 e. The number of aromatic nitrogens is 2. The maximum absolute atomic E-state index is 13.7. The fraction of sp³-hybridized carbons (Fsp3) is 0.500. The lowest BCUT2D eigenvalue weighted by Gasteiger charge is -2.45. The summed E-state index contributed by atoms with van der Waals surface area (Å²) in [6.07, 6.45) is 2.41. The van der Waals surface area contributed by atoms with Crippen LogP contribution < -0.4 is 15.6 Å². The number of likely N-dealkylation sites (tertiary alicyclic amines) is 1. The van der Waals surface area contributed by atoms with E-state index < -0.39 is 11.6 Å². The van der Waals surface area contributed by atoms with E-state index >= 15 is 0 Å². The molecule has 1 aromatic heterocycles. The standard InChI is InChI=1S/C28H34N8O3/c1-18-25(38)33-28(26(39)31-18)9-11-34(12-10-28)23(37)16-35-15-19-7-5-6-8-20(19)21-14-30-22(13-29)32-24(21)36(35)17-27(2,3)4/h5-8,14,18H,9-12,15-17H2,1-4H3,(H,31,39)(H,33,38). The van der Waals surface area contributed by atoms with Crippen LogP contribution in [0.5, 0.6) is 0 Å². The maximum atomic E-state index is 13.7. The number of rotatable bonds is 3. The average molecular weight is 531 g/mol. The fourth-order valence-corrected chi connectivity index (χ4v) is 5.46. The Bertz CT molecular complexity index is 1350. The van der Waals surface area contributed by atoms with Crippen molar-refractivity contribution in [3.8, 4) is 17.2 Å². The normalized spacial score (nSPS) is 20.8. The van der Waals surface area contributed by atoms with Crippen molar-refractivity contribution in [1.29, 1.82) is 5.26 Å². The Balaban J connectivity index is 1.42. The number of anilines is 1. The van der Waals surface area contributed by atoms with Crippen LogP contribution in [0.1, 0.15) is 51.9 Å². The molecule has 3 aliphatic rings. The number of benzene rings is 1. The lowest BCUT2D eigenvalue weighted by Crippen LogP contribution is -2.71. The molecule has 1 atom stereocenters. The second-order valence-electron chi connectivity index (χ2n) is 11.8. The molecular weight excluding hydrogens is 496 g/mol. The molecule has 2 aromatic rings. The first-order valence-electron chi connectivity index (χ1n) is 13.3. The summed E-state index contributed by atoms with van der Waals surface area (Å²) >= 11 is 0. The highest BCUT2D eigenvalue weighted by atomic mass is 16.2. The predicted molar refractivity (Wildman–Crippen MR) is 144 cm³/mol. The van der Waals surface area contributed by atoms with E-state index in [0.29, 0.717) is 44.8 Å². The van der Waals surface area contributed by atoms with Crippen LogP contribution in [-0.2, 0) is 20.9 Å². The summed E-state index contributed by atoms with van der Waals surface area (Å²) in [5, 5.41) is 19.2. The third-order valence-corrected chi connectivity index (χ3v) is 7.56. The van der Waals surface area contributed by atoms with E-state index in [1.807, 2.05) is 40.4 Å². The van der Waals surface area contributed by atoms with Crippen molar-refractivity contribution in [3.63, 3.8) is 0 Å². The summed E-state index contributed by atoms with van der Waals surface area (Å²) in [6.45, 7) is 9.87. The number of nitriles is 1. The molecule has 11 heteroatoms. The molecule has 2 saturated heterocycles. The summed E-state index contributed by atoms with van der Waals surface area (Å²) in [7, 11) is 0. The number of nitrogens with one attached hydrogen (secondary N) is 2. The van der Waals surface area contributed by atoms with E-state index in [4.69, 9.17) is 0 Å². The Labute approximate surface area is 228 Å². The maximum Gasteiger partial charge on any atom is 0.246 e. The van der Waals surface area contributed by atoms with Crippen LogP contribution in [0.15, 0.2) is 30.5 Å². The number of amides is 3. The molecule has 1 aromatic carbocycles. The van der Waals surface area contributed by atoms with Crippen molar-refractivity contribution < 1.29 is 14.4 Å². The number of piperidine rings is 1. The van der Waals surface area contributed by atoms with Crippen molar-refractivity contribution >= 4 is 23.5 Å². The Kier molecular flexibility index (Phi) is 6.76. The van der Waals surface area contributed by atoms with Crippen LogP contribution in [0, 0.1) is 16.7 Å². The van der Waals surface area contributed by atoms with Crippen LogP contribution in [0.25, 0.3) is 11.1 Å². The molecule has 2 N–H and O–H groups in total. The van der Waals surface area contributed by atoms with Gasteiger partial charge in [-0.3, -0.25) is 19.4 Å². The van der Waals surface area contributed by atoms with Gasteiger partial charge in [0.15, 0.2) is 5.82 Å². The lowest BCUT2D eigenvalue weighted by atomic mass is 9.84. The molecule has 2 fully saturated rings. The summed E-state index contributed by atoms with van der Waals surface area (Å²) < 4.78 is 0. The molecule has 3 amide bonds. The quantitative estimate of drug-likeness (QED) is 0.611. The van der Waals surface area contributed by atoms with E-state index in [9.17, 15) is 19.6 Å². The van der Waals surface area contributed by atoms with Crippen molar-refractivity contribution in [3.05, 3.63) is 41.9 Å². The summed E-state index contributed by atoms with van der Waals surface area (Å²) in [5.74, 6) is 0.207. The number of nitrogens with zero attached hydrogens (tertiary/aromatic N) is 6. The topological polar surface area (TPSA) is 135 Å². The molecule has 11 nitrogen and oxygen atoms in total. The first-order chi connectivity index (χ1) is 18.5. The van der Waals surface area contributed by atoms with Gasteiger partial charge in [-0.05, 0) is 36.3 Å². The number of hydrogen-bond acceptors (Lipinski definition) is 8. The third-order valence-electron chi connectivity index (χ3n) is 7.56. The molecule has 0 saturated carbocycles. The van der Waals surface area contributed by atoms with E-state index in [1.54, 1.807) is 18.0 Å². The molecule has 3 aliphatic heterocycles. The van der Waals surface area contributed by atoms with Crippen LogP contribution >= 0.6 is 0 Å². The van der Waals surface area contributed by atoms with E-state index in [-0.39, 0.29) is 35.5 Å². The highest BCUT2D eigenvalue weighted by Crippen LogP contribution is 2.38. The molecule has 0 bridgehead atoms.